The fourth-order valence-corrected chi connectivity index (χ4v) is 3.71. The average Bonchev–Trinajstić information content (AvgIpc) is 2.85. The van der Waals surface area contributed by atoms with Crippen LogP contribution in [0, 0.1) is 0 Å². The van der Waals surface area contributed by atoms with Crippen molar-refractivity contribution < 1.29 is 19.0 Å². The SMILES string of the molecule is COc1ccc(C(=O)c2cn(Cc3ccccc3OC)c3ccc(OC)cc3c2=O)cc1. The van der Waals surface area contributed by atoms with E-state index in [1.54, 1.807) is 63.9 Å². The highest BCUT2D eigenvalue weighted by molar-refractivity contribution is 6.10. The number of aromatic nitrogens is 1. The fraction of sp³-hybridized carbons (Fsp3) is 0.154. The summed E-state index contributed by atoms with van der Waals surface area (Å²) in [5.41, 5.74) is 1.79. The van der Waals surface area contributed by atoms with Crippen molar-refractivity contribution in [1.29, 1.82) is 0 Å². The van der Waals surface area contributed by atoms with E-state index >= 15 is 0 Å². The Balaban J connectivity index is 1.89. The van der Waals surface area contributed by atoms with Crippen LogP contribution in [0.2, 0.25) is 0 Å². The number of para-hydroxylation sites is 1. The molecule has 32 heavy (non-hydrogen) atoms. The van der Waals surface area contributed by atoms with Crippen LogP contribution in [-0.2, 0) is 6.54 Å². The molecule has 0 bridgehead atoms. The second-order valence-electron chi connectivity index (χ2n) is 7.25. The number of methoxy groups -OCH3 is 3. The highest BCUT2D eigenvalue weighted by atomic mass is 16.5. The van der Waals surface area contributed by atoms with Gasteiger partial charge in [0.25, 0.3) is 0 Å². The zero-order chi connectivity index (χ0) is 22.7. The molecule has 0 aliphatic heterocycles. The van der Waals surface area contributed by atoms with Crippen LogP contribution in [0.5, 0.6) is 17.2 Å². The molecule has 0 saturated heterocycles. The first kappa shape index (κ1) is 21.2. The molecule has 162 valence electrons. The van der Waals surface area contributed by atoms with Crippen LogP contribution in [0.15, 0.2) is 77.7 Å². The van der Waals surface area contributed by atoms with Gasteiger partial charge in [-0.1, -0.05) is 18.2 Å². The van der Waals surface area contributed by atoms with Crippen molar-refractivity contribution >= 4 is 16.7 Å². The van der Waals surface area contributed by atoms with Gasteiger partial charge in [-0.2, -0.15) is 0 Å². The van der Waals surface area contributed by atoms with Crippen molar-refractivity contribution in [2.45, 2.75) is 6.54 Å². The molecule has 1 heterocycles. The number of fused-ring (bicyclic) bond motifs is 1. The Morgan fingerprint density at radius 3 is 2.22 bits per heavy atom. The van der Waals surface area contributed by atoms with E-state index in [1.165, 1.54) is 0 Å². The molecule has 0 atom stereocenters. The van der Waals surface area contributed by atoms with Crippen LogP contribution in [0.3, 0.4) is 0 Å². The van der Waals surface area contributed by atoms with Gasteiger partial charge >= 0.3 is 0 Å². The number of hydrogen-bond donors (Lipinski definition) is 0. The van der Waals surface area contributed by atoms with Crippen LogP contribution in [0.1, 0.15) is 21.5 Å². The number of carbonyl (C=O) groups is 1. The van der Waals surface area contributed by atoms with E-state index in [-0.39, 0.29) is 16.8 Å². The van der Waals surface area contributed by atoms with Gasteiger partial charge in [0, 0.05) is 17.3 Å². The smallest absolute Gasteiger partial charge is 0.200 e. The molecule has 1 aromatic heterocycles. The quantitative estimate of drug-likeness (QED) is 0.410. The van der Waals surface area contributed by atoms with Crippen LogP contribution >= 0.6 is 0 Å². The van der Waals surface area contributed by atoms with Crippen molar-refractivity contribution in [2.24, 2.45) is 0 Å². The number of hydrogen-bond acceptors (Lipinski definition) is 5. The van der Waals surface area contributed by atoms with Crippen molar-refractivity contribution in [2.75, 3.05) is 21.3 Å². The molecule has 0 saturated carbocycles. The van der Waals surface area contributed by atoms with Gasteiger partial charge in [0.05, 0.1) is 44.3 Å². The zero-order valence-corrected chi connectivity index (χ0v) is 18.1. The van der Waals surface area contributed by atoms with E-state index < -0.39 is 0 Å². The number of carbonyl (C=O) groups excluding carboxylic acids is 1. The molecule has 4 aromatic rings. The van der Waals surface area contributed by atoms with E-state index in [0.29, 0.717) is 34.5 Å². The number of rotatable bonds is 7. The molecule has 0 fully saturated rings. The van der Waals surface area contributed by atoms with Crippen LogP contribution in [0.25, 0.3) is 10.9 Å². The molecule has 0 amide bonds. The highest BCUT2D eigenvalue weighted by Gasteiger charge is 2.18. The van der Waals surface area contributed by atoms with Crippen molar-refractivity contribution in [3.8, 4) is 17.2 Å². The minimum absolute atomic E-state index is 0.0887. The first-order chi connectivity index (χ1) is 15.5. The molecule has 0 unspecified atom stereocenters. The Labute approximate surface area is 185 Å². The number of pyridine rings is 1. The number of benzene rings is 3. The third-order valence-corrected chi connectivity index (χ3v) is 5.42. The lowest BCUT2D eigenvalue weighted by Crippen LogP contribution is -2.20. The third-order valence-electron chi connectivity index (χ3n) is 5.42. The fourth-order valence-electron chi connectivity index (χ4n) is 3.71. The summed E-state index contributed by atoms with van der Waals surface area (Å²) < 4.78 is 17.9. The molecule has 4 rings (SSSR count). The van der Waals surface area contributed by atoms with Gasteiger partial charge in [-0.3, -0.25) is 9.59 Å². The summed E-state index contributed by atoms with van der Waals surface area (Å²) in [4.78, 5) is 26.6. The summed E-state index contributed by atoms with van der Waals surface area (Å²) in [7, 11) is 4.72. The Morgan fingerprint density at radius 1 is 0.844 bits per heavy atom. The summed E-state index contributed by atoms with van der Waals surface area (Å²) in [6.07, 6.45) is 1.62. The van der Waals surface area contributed by atoms with Crippen molar-refractivity contribution in [1.82, 2.24) is 4.57 Å². The van der Waals surface area contributed by atoms with E-state index in [2.05, 4.69) is 0 Å². The maximum atomic E-state index is 13.3. The van der Waals surface area contributed by atoms with Gasteiger partial charge in [-0.15, -0.1) is 0 Å². The normalized spacial score (nSPS) is 10.7. The molecule has 0 aliphatic rings. The molecule has 0 N–H and O–H groups in total. The number of nitrogens with zero attached hydrogens (tertiary/aromatic N) is 1. The summed E-state index contributed by atoms with van der Waals surface area (Å²) in [5.74, 6) is 1.57. The summed E-state index contributed by atoms with van der Waals surface area (Å²) >= 11 is 0. The van der Waals surface area contributed by atoms with Crippen LogP contribution in [0.4, 0.5) is 0 Å². The molecule has 6 nitrogen and oxygen atoms in total. The minimum atomic E-state index is -0.351. The van der Waals surface area contributed by atoms with Gasteiger partial charge in [0.1, 0.15) is 17.2 Å². The lowest BCUT2D eigenvalue weighted by Gasteiger charge is -2.16. The summed E-state index contributed by atoms with van der Waals surface area (Å²) in [6.45, 7) is 0.427. The van der Waals surface area contributed by atoms with Crippen LogP contribution < -0.4 is 19.6 Å². The standard InChI is InChI=1S/C26H23NO5/c1-30-19-10-8-17(9-11-19)25(28)22-16-27(15-18-6-4-5-7-24(18)32-3)23-13-12-20(31-2)14-21(23)26(22)29/h4-14,16H,15H2,1-3H3. The largest absolute Gasteiger partial charge is 0.497 e. The molecule has 3 aromatic carbocycles. The van der Waals surface area contributed by atoms with Gasteiger partial charge in [0.15, 0.2) is 5.78 Å². The van der Waals surface area contributed by atoms with Crippen molar-refractivity contribution in [3.63, 3.8) is 0 Å². The maximum Gasteiger partial charge on any atom is 0.200 e. The first-order valence-electron chi connectivity index (χ1n) is 10.1. The number of ketones is 1. The van der Waals surface area contributed by atoms with E-state index in [1.807, 2.05) is 34.9 Å². The predicted molar refractivity (Wildman–Crippen MR) is 123 cm³/mol. The Bertz CT molecular complexity index is 1340. The predicted octanol–water partition coefficient (Wildman–Crippen LogP) is 4.31. The lowest BCUT2D eigenvalue weighted by atomic mass is 10.0. The van der Waals surface area contributed by atoms with E-state index in [4.69, 9.17) is 14.2 Å². The number of ether oxygens (including phenoxy) is 3. The van der Waals surface area contributed by atoms with Gasteiger partial charge in [-0.25, -0.2) is 0 Å². The molecular formula is C26H23NO5. The highest BCUT2D eigenvalue weighted by Crippen LogP contribution is 2.24. The van der Waals surface area contributed by atoms with Gasteiger partial charge in [-0.05, 0) is 48.5 Å². The summed E-state index contributed by atoms with van der Waals surface area (Å²) in [5, 5.41) is 0.415. The molecule has 0 spiro atoms. The van der Waals surface area contributed by atoms with Gasteiger partial charge < -0.3 is 18.8 Å². The molecular weight excluding hydrogens is 406 g/mol. The first-order valence-corrected chi connectivity index (χ1v) is 10.1. The van der Waals surface area contributed by atoms with Gasteiger partial charge in [0.2, 0.25) is 5.43 Å². The third kappa shape index (κ3) is 3.95. The molecule has 6 heteroatoms. The van der Waals surface area contributed by atoms with E-state index in [9.17, 15) is 9.59 Å². The second kappa shape index (κ2) is 8.98. The average molecular weight is 429 g/mol. The second-order valence-corrected chi connectivity index (χ2v) is 7.25. The minimum Gasteiger partial charge on any atom is -0.497 e. The summed E-state index contributed by atoms with van der Waals surface area (Å²) in [6, 6.07) is 19.7. The Morgan fingerprint density at radius 2 is 1.53 bits per heavy atom. The molecule has 0 radical (unpaired) electrons. The maximum absolute atomic E-state index is 13.3. The van der Waals surface area contributed by atoms with E-state index in [0.717, 1.165) is 11.3 Å². The Kier molecular flexibility index (Phi) is 5.94. The zero-order valence-electron chi connectivity index (χ0n) is 18.1. The molecule has 0 aliphatic carbocycles. The lowest BCUT2D eigenvalue weighted by molar-refractivity contribution is 0.103. The topological polar surface area (TPSA) is 66.8 Å². The van der Waals surface area contributed by atoms with Crippen LogP contribution in [-0.4, -0.2) is 31.7 Å². The van der Waals surface area contributed by atoms with Crippen molar-refractivity contribution in [3.05, 3.63) is 99.8 Å². The monoisotopic (exact) mass is 429 g/mol. The Hall–Kier alpha value is -4.06.